The number of thioether (sulfide) groups is 1. The minimum Gasteiger partial charge on any atom is -0.504 e. The third kappa shape index (κ3) is 7.14. The first-order valence-corrected chi connectivity index (χ1v) is 19.9. The van der Waals surface area contributed by atoms with Crippen molar-refractivity contribution >= 4 is 29.4 Å². The van der Waals surface area contributed by atoms with Gasteiger partial charge in [0.05, 0.1) is 48.7 Å². The van der Waals surface area contributed by atoms with E-state index in [-0.39, 0.29) is 48.4 Å². The van der Waals surface area contributed by atoms with Crippen LogP contribution in [0.3, 0.4) is 0 Å². The van der Waals surface area contributed by atoms with Crippen LogP contribution in [0.4, 0.5) is 13.2 Å². The van der Waals surface area contributed by atoms with Gasteiger partial charge >= 0.3 is 12.1 Å². The Morgan fingerprint density at radius 1 is 1.05 bits per heavy atom. The van der Waals surface area contributed by atoms with Crippen molar-refractivity contribution in [2.75, 3.05) is 33.3 Å². The number of ether oxygens (including phenoxy) is 4. The smallest absolute Gasteiger partial charge is 0.416 e. The lowest BCUT2D eigenvalue weighted by Gasteiger charge is -2.61. The van der Waals surface area contributed by atoms with Crippen molar-refractivity contribution < 1.29 is 61.8 Å². The summed E-state index contributed by atoms with van der Waals surface area (Å²) in [5.41, 5.74) is 3.18. The Morgan fingerprint density at radius 3 is 2.36 bits per heavy atom. The van der Waals surface area contributed by atoms with Gasteiger partial charge < -0.3 is 39.6 Å². The number of aryl methyl sites for hydroxylation is 2. The summed E-state index contributed by atoms with van der Waals surface area (Å²) in [6.45, 7) is 5.51. The van der Waals surface area contributed by atoms with E-state index >= 15 is 0 Å². The summed E-state index contributed by atoms with van der Waals surface area (Å²) in [5.74, 6) is -0.439. The Hall–Kier alpha value is -4.55. The van der Waals surface area contributed by atoms with Gasteiger partial charge in [0, 0.05) is 47.4 Å². The lowest BCUT2D eigenvalue weighted by molar-refractivity contribution is -0.178. The summed E-state index contributed by atoms with van der Waals surface area (Å²) >= 11 is 1.27. The number of phenols is 1. The van der Waals surface area contributed by atoms with E-state index in [4.69, 9.17) is 18.9 Å². The Bertz CT molecular complexity index is 2130. The number of esters is 1. The quantitative estimate of drug-likeness (QED) is 0.154. The zero-order valence-corrected chi connectivity index (χ0v) is 33.6. The van der Waals surface area contributed by atoms with E-state index in [1.807, 2.05) is 29.8 Å². The van der Waals surface area contributed by atoms with Gasteiger partial charge in [0.25, 0.3) is 0 Å². The van der Waals surface area contributed by atoms with Gasteiger partial charge in [0.2, 0.25) is 12.7 Å². The standard InChI is InChI=1S/C41H46F3N3O10S/c1-18-13-23-14-26-40(53)47-27(15-48)30-31(36(57-21(4)50)19(2)37-38(30)56-17-55-37)39(33(47)32(46(26)5)29(23)34(52)35(18)54-6)58-16-25(20(3)49)45-28(51)12-9-22-7-10-24(11-8-22)41(42,43)44/h7-8,10-11,13,25-27,32-33,39-40,48,52-53H,9,12,14-17H2,1-6H3,(H,45,51)/t25-,26-,27-,32+,33?,39+,40?/m0/s1. The van der Waals surface area contributed by atoms with Gasteiger partial charge in [-0.05, 0) is 69.5 Å². The number of piperazine rings is 1. The molecule has 0 aromatic heterocycles. The zero-order chi connectivity index (χ0) is 42.0. The largest absolute Gasteiger partial charge is 0.504 e. The molecule has 1 saturated heterocycles. The van der Waals surface area contributed by atoms with Crippen molar-refractivity contribution in [3.63, 3.8) is 0 Å². The van der Waals surface area contributed by atoms with Crippen LogP contribution >= 0.6 is 11.8 Å². The van der Waals surface area contributed by atoms with Crippen LogP contribution in [0.5, 0.6) is 28.7 Å². The van der Waals surface area contributed by atoms with Crippen LogP contribution in [-0.2, 0) is 33.4 Å². The Morgan fingerprint density at radius 2 is 1.74 bits per heavy atom. The predicted molar refractivity (Wildman–Crippen MR) is 205 cm³/mol. The number of alkyl halides is 3. The number of nitrogens with zero attached hydrogens (tertiary/aromatic N) is 2. The molecule has 4 aliphatic rings. The highest BCUT2D eigenvalue weighted by Crippen LogP contribution is 2.63. The predicted octanol–water partition coefficient (Wildman–Crippen LogP) is 4.82. The maximum Gasteiger partial charge on any atom is 0.416 e. The number of amides is 1. The summed E-state index contributed by atoms with van der Waals surface area (Å²) in [5, 5.41) is 37.5. The first-order valence-electron chi connectivity index (χ1n) is 18.9. The van der Waals surface area contributed by atoms with Crippen molar-refractivity contribution in [3.05, 3.63) is 74.8 Å². The highest BCUT2D eigenvalue weighted by atomic mass is 32.2. The molecule has 2 unspecified atom stereocenters. The number of Topliss-reactive ketones (excluding diaryl/α,β-unsaturated/α-hetero) is 1. The molecule has 17 heteroatoms. The van der Waals surface area contributed by atoms with Gasteiger partial charge in [-0.15, -0.1) is 11.8 Å². The molecule has 0 saturated carbocycles. The van der Waals surface area contributed by atoms with Crippen molar-refractivity contribution in [3.8, 4) is 28.7 Å². The fourth-order valence-electron chi connectivity index (χ4n) is 9.11. The van der Waals surface area contributed by atoms with Crippen LogP contribution in [0.15, 0.2) is 30.3 Å². The highest BCUT2D eigenvalue weighted by Gasteiger charge is 2.59. The zero-order valence-electron chi connectivity index (χ0n) is 32.8. The Balaban J connectivity index is 1.31. The summed E-state index contributed by atoms with van der Waals surface area (Å²) in [4.78, 5) is 43.1. The lowest BCUT2D eigenvalue weighted by Crippen LogP contribution is -2.69. The number of aromatic hydroxyl groups is 1. The van der Waals surface area contributed by atoms with E-state index in [9.17, 15) is 42.9 Å². The van der Waals surface area contributed by atoms with Crippen LogP contribution < -0.4 is 24.3 Å². The number of halogens is 3. The highest BCUT2D eigenvalue weighted by molar-refractivity contribution is 7.99. The Labute approximate surface area is 337 Å². The number of fused-ring (bicyclic) bond motifs is 9. The van der Waals surface area contributed by atoms with E-state index in [0.29, 0.717) is 51.3 Å². The number of carbonyl (C=O) groups is 3. The molecular formula is C41H46F3N3O10S. The number of carbonyl (C=O) groups excluding carboxylic acids is 3. The molecule has 7 atom stereocenters. The third-order valence-corrected chi connectivity index (χ3v) is 13.1. The monoisotopic (exact) mass is 829 g/mol. The van der Waals surface area contributed by atoms with Crippen LogP contribution in [0, 0.1) is 13.8 Å². The number of ketones is 1. The molecule has 312 valence electrons. The van der Waals surface area contributed by atoms with Crippen molar-refractivity contribution in [1.82, 2.24) is 15.1 Å². The number of hydrogen-bond acceptors (Lipinski definition) is 13. The first-order chi connectivity index (χ1) is 27.5. The molecular weight excluding hydrogens is 784 g/mol. The molecule has 4 N–H and O–H groups in total. The number of methoxy groups -OCH3 is 1. The van der Waals surface area contributed by atoms with Crippen LogP contribution in [0.2, 0.25) is 0 Å². The molecule has 0 spiro atoms. The molecule has 3 aromatic rings. The number of likely N-dealkylation sites (N-methyl/N-ethyl adjacent to an activating group) is 1. The van der Waals surface area contributed by atoms with Crippen LogP contribution in [-0.4, -0.2) is 100 Å². The van der Waals surface area contributed by atoms with Gasteiger partial charge in [0.1, 0.15) is 12.0 Å². The molecule has 0 radical (unpaired) electrons. The SMILES string of the molecule is COc1c(C)cc2c(c1O)[C@@H]1C3[C@H](SC[C@H](NC(=O)CCc4ccc(C(F)(F)F)cc4)C(C)=O)c4c(OC(C)=O)c(C)c5c(c4[C@H](CO)N3C(O)[C@H](C2)N1C)OCO5. The van der Waals surface area contributed by atoms with Gasteiger partial charge in [0.15, 0.2) is 28.8 Å². The first kappa shape index (κ1) is 41.6. The minimum absolute atomic E-state index is 0.00138. The van der Waals surface area contributed by atoms with E-state index in [1.165, 1.54) is 44.9 Å². The average Bonchev–Trinajstić information content (AvgIpc) is 3.66. The van der Waals surface area contributed by atoms with Crippen molar-refractivity contribution in [2.24, 2.45) is 0 Å². The maximum absolute atomic E-state index is 13.3. The molecule has 58 heavy (non-hydrogen) atoms. The fourth-order valence-corrected chi connectivity index (χ4v) is 10.7. The maximum atomic E-state index is 13.3. The van der Waals surface area contributed by atoms with Crippen molar-refractivity contribution in [2.45, 2.75) is 94.8 Å². The number of hydrogen-bond donors (Lipinski definition) is 4. The second kappa shape index (κ2) is 15.9. The van der Waals surface area contributed by atoms with E-state index in [2.05, 4.69) is 5.32 Å². The van der Waals surface area contributed by atoms with Gasteiger partial charge in [-0.2, -0.15) is 13.2 Å². The number of aliphatic hydroxyl groups is 2. The normalized spacial score (nSPS) is 24.0. The molecule has 4 aliphatic heterocycles. The molecule has 1 amide bonds. The van der Waals surface area contributed by atoms with Crippen molar-refractivity contribution in [1.29, 1.82) is 0 Å². The number of rotatable bonds is 11. The summed E-state index contributed by atoms with van der Waals surface area (Å²) in [6, 6.07) is 2.65. The fraction of sp³-hybridized carbons (Fsp3) is 0.488. The topological polar surface area (TPSA) is 167 Å². The second-order valence-electron chi connectivity index (χ2n) is 15.2. The van der Waals surface area contributed by atoms with E-state index in [0.717, 1.165) is 17.7 Å². The molecule has 4 heterocycles. The summed E-state index contributed by atoms with van der Waals surface area (Å²) in [7, 11) is 3.32. The van der Waals surface area contributed by atoms with E-state index < -0.39 is 71.9 Å². The summed E-state index contributed by atoms with van der Waals surface area (Å²) in [6.07, 6.45) is -5.26. The molecule has 2 bridgehead atoms. The van der Waals surface area contributed by atoms with Crippen LogP contribution in [0.1, 0.15) is 82.1 Å². The van der Waals surface area contributed by atoms with Gasteiger partial charge in [-0.25, -0.2) is 0 Å². The average molecular weight is 830 g/mol. The number of nitrogens with one attached hydrogen (secondary N) is 1. The third-order valence-electron chi connectivity index (χ3n) is 11.7. The summed E-state index contributed by atoms with van der Waals surface area (Å²) < 4.78 is 62.8. The number of phenolic OH excluding ortho intramolecular Hbond substituents is 1. The molecule has 7 rings (SSSR count). The minimum atomic E-state index is -4.49. The molecule has 1 fully saturated rings. The van der Waals surface area contributed by atoms with Crippen LogP contribution in [0.25, 0.3) is 0 Å². The number of benzene rings is 3. The molecule has 13 nitrogen and oxygen atoms in total. The van der Waals surface area contributed by atoms with Gasteiger partial charge in [-0.1, -0.05) is 18.2 Å². The Kier molecular flexibility index (Phi) is 11.4. The second-order valence-corrected chi connectivity index (χ2v) is 16.4. The molecule has 3 aromatic carbocycles. The number of aliphatic hydroxyl groups excluding tert-OH is 2. The molecule has 0 aliphatic carbocycles. The lowest BCUT2D eigenvalue weighted by atomic mass is 9.73. The van der Waals surface area contributed by atoms with E-state index in [1.54, 1.807) is 6.92 Å². The van der Waals surface area contributed by atoms with Gasteiger partial charge in [-0.3, -0.25) is 24.2 Å².